The fourth-order valence-electron chi connectivity index (χ4n) is 3.47. The van der Waals surface area contributed by atoms with Crippen LogP contribution in [0.5, 0.6) is 0 Å². The third-order valence-electron chi connectivity index (χ3n) is 4.51. The van der Waals surface area contributed by atoms with E-state index in [1.807, 2.05) is 31.1 Å². The molecule has 0 fully saturated rings. The quantitative estimate of drug-likeness (QED) is 0.574. The van der Waals surface area contributed by atoms with E-state index in [-0.39, 0.29) is 11.4 Å². The van der Waals surface area contributed by atoms with Crippen molar-refractivity contribution in [1.29, 1.82) is 0 Å². The van der Waals surface area contributed by atoms with Crippen LogP contribution in [-0.2, 0) is 6.42 Å². The lowest BCUT2D eigenvalue weighted by molar-refractivity contribution is 0.0973. The highest BCUT2D eigenvalue weighted by Gasteiger charge is 2.33. The normalized spacial score (nSPS) is 13.0. The van der Waals surface area contributed by atoms with Gasteiger partial charge in [0.2, 0.25) is 0 Å². The molecular weight excluding hydrogens is 310 g/mol. The largest absolute Gasteiger partial charge is 0.309 e. The first-order valence-electron chi connectivity index (χ1n) is 7.80. The highest BCUT2D eigenvalue weighted by Crippen LogP contribution is 2.42. The highest BCUT2D eigenvalue weighted by atomic mass is 19.1. The number of carbonyl (C=O) groups excluding carboxylic acids is 1. The standard InChI is InChI=1S/C19H16F2N2O/c1-22(2)8-7-13-15-9-11(20)10-16(21)18(15)23-17(13)12-5-3-4-6-14(12)19(23)24/h3-6,9-10H,7-8H2,1-2H3. The van der Waals surface area contributed by atoms with Gasteiger partial charge in [-0.15, -0.1) is 0 Å². The molecule has 0 bridgehead atoms. The zero-order valence-corrected chi connectivity index (χ0v) is 13.4. The molecular formula is C19H16F2N2O. The third-order valence-corrected chi connectivity index (χ3v) is 4.51. The Kier molecular flexibility index (Phi) is 3.28. The number of rotatable bonds is 3. The van der Waals surface area contributed by atoms with Gasteiger partial charge in [-0.25, -0.2) is 8.78 Å². The first-order chi connectivity index (χ1) is 11.5. The second-order valence-corrected chi connectivity index (χ2v) is 6.35. The monoisotopic (exact) mass is 326 g/mol. The average molecular weight is 326 g/mol. The van der Waals surface area contributed by atoms with Gasteiger partial charge in [0.25, 0.3) is 5.91 Å². The van der Waals surface area contributed by atoms with E-state index >= 15 is 0 Å². The predicted octanol–water partition coefficient (Wildman–Crippen LogP) is 3.69. The summed E-state index contributed by atoms with van der Waals surface area (Å²) in [5, 5.41) is 0.479. The maximum atomic E-state index is 14.5. The topological polar surface area (TPSA) is 25.2 Å². The van der Waals surface area contributed by atoms with Crippen LogP contribution in [0.2, 0.25) is 0 Å². The summed E-state index contributed by atoms with van der Waals surface area (Å²) in [6.45, 7) is 0.723. The Morgan fingerprint density at radius 1 is 1.08 bits per heavy atom. The van der Waals surface area contributed by atoms with Gasteiger partial charge in [0.05, 0.1) is 11.2 Å². The number of hydrogen-bond acceptors (Lipinski definition) is 2. The average Bonchev–Trinajstić information content (AvgIpc) is 3.00. The van der Waals surface area contributed by atoms with Crippen LogP contribution in [0.4, 0.5) is 8.78 Å². The van der Waals surface area contributed by atoms with Crippen LogP contribution in [0, 0.1) is 11.6 Å². The first-order valence-corrected chi connectivity index (χ1v) is 7.80. The van der Waals surface area contributed by atoms with Crippen LogP contribution in [0.3, 0.4) is 0 Å². The smallest absolute Gasteiger partial charge is 0.263 e. The van der Waals surface area contributed by atoms with Crippen molar-refractivity contribution in [2.24, 2.45) is 0 Å². The summed E-state index contributed by atoms with van der Waals surface area (Å²) in [5.41, 5.74) is 3.02. The molecule has 2 aromatic carbocycles. The van der Waals surface area contributed by atoms with Gasteiger partial charge in [-0.3, -0.25) is 9.36 Å². The van der Waals surface area contributed by atoms with E-state index in [9.17, 15) is 13.6 Å². The van der Waals surface area contributed by atoms with Crippen LogP contribution in [0.15, 0.2) is 36.4 Å². The Morgan fingerprint density at radius 3 is 2.50 bits per heavy atom. The lowest BCUT2D eigenvalue weighted by Gasteiger charge is -2.10. The molecule has 122 valence electrons. The van der Waals surface area contributed by atoms with Crippen LogP contribution < -0.4 is 0 Å². The Labute approximate surface area is 138 Å². The van der Waals surface area contributed by atoms with Crippen molar-refractivity contribution in [2.75, 3.05) is 20.6 Å². The van der Waals surface area contributed by atoms with Gasteiger partial charge < -0.3 is 4.90 Å². The summed E-state index contributed by atoms with van der Waals surface area (Å²) in [6.07, 6.45) is 0.607. The maximum absolute atomic E-state index is 14.5. The molecule has 5 heteroatoms. The number of hydrogen-bond donors (Lipinski definition) is 0. The molecule has 0 unspecified atom stereocenters. The van der Waals surface area contributed by atoms with Crippen LogP contribution >= 0.6 is 0 Å². The first kappa shape index (κ1) is 15.0. The number of nitrogens with zero attached hydrogens (tertiary/aromatic N) is 2. The molecule has 0 aliphatic carbocycles. The Bertz CT molecular complexity index is 989. The number of benzene rings is 2. The Hall–Kier alpha value is -2.53. The molecule has 0 saturated carbocycles. The lowest BCUT2D eigenvalue weighted by Crippen LogP contribution is -2.15. The number of aromatic nitrogens is 1. The van der Waals surface area contributed by atoms with E-state index in [0.29, 0.717) is 23.1 Å². The molecule has 0 N–H and O–H groups in total. The molecule has 2 heterocycles. The summed E-state index contributed by atoms with van der Waals surface area (Å²) in [6, 6.07) is 9.41. The van der Waals surface area contributed by atoms with Gasteiger partial charge in [-0.1, -0.05) is 18.2 Å². The number of fused-ring (bicyclic) bond motifs is 5. The second-order valence-electron chi connectivity index (χ2n) is 6.35. The molecule has 1 aliphatic rings. The van der Waals surface area contributed by atoms with Gasteiger partial charge >= 0.3 is 0 Å². The van der Waals surface area contributed by atoms with E-state index < -0.39 is 11.6 Å². The Balaban J connectivity index is 2.09. The Morgan fingerprint density at radius 2 is 1.79 bits per heavy atom. The van der Waals surface area contributed by atoms with E-state index in [1.165, 1.54) is 10.6 Å². The van der Waals surface area contributed by atoms with Crippen LogP contribution in [0.1, 0.15) is 15.9 Å². The highest BCUT2D eigenvalue weighted by molar-refractivity contribution is 6.16. The summed E-state index contributed by atoms with van der Waals surface area (Å²) in [4.78, 5) is 14.8. The van der Waals surface area contributed by atoms with Crippen molar-refractivity contribution in [3.8, 4) is 11.3 Å². The summed E-state index contributed by atoms with van der Waals surface area (Å²) < 4.78 is 29.7. The van der Waals surface area contributed by atoms with Gasteiger partial charge in [0.1, 0.15) is 5.82 Å². The minimum Gasteiger partial charge on any atom is -0.309 e. The molecule has 0 amide bonds. The lowest BCUT2D eigenvalue weighted by atomic mass is 10.00. The van der Waals surface area contributed by atoms with E-state index in [1.54, 1.807) is 12.1 Å². The molecule has 1 aromatic heterocycles. The molecule has 1 aliphatic heterocycles. The van der Waals surface area contributed by atoms with Crippen molar-refractivity contribution < 1.29 is 13.6 Å². The number of halogens is 2. The minimum atomic E-state index is -0.705. The number of likely N-dealkylation sites (N-methyl/N-ethyl adjacent to an activating group) is 1. The van der Waals surface area contributed by atoms with Crippen molar-refractivity contribution in [1.82, 2.24) is 9.47 Å². The van der Waals surface area contributed by atoms with E-state index in [0.717, 1.165) is 23.7 Å². The molecule has 24 heavy (non-hydrogen) atoms. The van der Waals surface area contributed by atoms with Crippen molar-refractivity contribution in [3.05, 3.63) is 59.2 Å². The fourth-order valence-corrected chi connectivity index (χ4v) is 3.47. The second kappa shape index (κ2) is 5.24. The van der Waals surface area contributed by atoms with Crippen molar-refractivity contribution in [2.45, 2.75) is 6.42 Å². The van der Waals surface area contributed by atoms with Crippen LogP contribution in [0.25, 0.3) is 22.2 Å². The molecule has 0 radical (unpaired) electrons. The number of carbonyl (C=O) groups is 1. The van der Waals surface area contributed by atoms with Gasteiger partial charge in [-0.05, 0) is 38.2 Å². The fraction of sp³-hybridized carbons (Fsp3) is 0.211. The predicted molar refractivity (Wildman–Crippen MR) is 89.3 cm³/mol. The van der Waals surface area contributed by atoms with E-state index in [4.69, 9.17) is 0 Å². The molecule has 0 saturated heterocycles. The summed E-state index contributed by atoms with van der Waals surface area (Å²) in [7, 11) is 3.89. The van der Waals surface area contributed by atoms with Crippen LogP contribution in [-0.4, -0.2) is 36.0 Å². The zero-order valence-electron chi connectivity index (χ0n) is 13.4. The maximum Gasteiger partial charge on any atom is 0.263 e. The van der Waals surface area contributed by atoms with Crippen molar-refractivity contribution in [3.63, 3.8) is 0 Å². The van der Waals surface area contributed by atoms with Gasteiger partial charge in [0, 0.05) is 29.1 Å². The molecule has 4 rings (SSSR count). The van der Waals surface area contributed by atoms with Gasteiger partial charge in [-0.2, -0.15) is 0 Å². The van der Waals surface area contributed by atoms with Crippen molar-refractivity contribution >= 4 is 16.8 Å². The molecule has 3 aromatic rings. The summed E-state index contributed by atoms with van der Waals surface area (Å²) >= 11 is 0. The van der Waals surface area contributed by atoms with Gasteiger partial charge in [0.15, 0.2) is 5.82 Å². The molecule has 0 atom stereocenters. The molecule has 0 spiro atoms. The SMILES string of the molecule is CN(C)CCc1c2n(c3c(F)cc(F)cc13)C(=O)c1ccccc1-2. The minimum absolute atomic E-state index is 0.168. The van der Waals surface area contributed by atoms with E-state index in [2.05, 4.69) is 0 Å². The molecule has 3 nitrogen and oxygen atoms in total. The summed E-state index contributed by atoms with van der Waals surface area (Å²) in [5.74, 6) is -1.59. The zero-order chi connectivity index (χ0) is 17.0. The third kappa shape index (κ3) is 2.01.